The molecule has 5 nitrogen and oxygen atoms in total. The van der Waals surface area contributed by atoms with Crippen molar-refractivity contribution < 1.29 is 5.11 Å². The highest BCUT2D eigenvalue weighted by molar-refractivity contribution is 5.64. The van der Waals surface area contributed by atoms with E-state index in [-0.39, 0.29) is 5.75 Å². The number of hydrogen-bond donors (Lipinski definition) is 2. The third-order valence-corrected chi connectivity index (χ3v) is 2.48. The Hall–Kier alpha value is -2.17. The average Bonchev–Trinajstić information content (AvgIpc) is 2.28. The van der Waals surface area contributed by atoms with Crippen molar-refractivity contribution in [1.29, 1.82) is 0 Å². The van der Waals surface area contributed by atoms with Gasteiger partial charge in [0.1, 0.15) is 6.33 Å². The molecule has 2 heterocycles. The molecule has 2 aromatic heterocycles. The number of aromatic hydroxyl groups is 1. The molecule has 0 bridgehead atoms. The van der Waals surface area contributed by atoms with Crippen molar-refractivity contribution in [2.24, 2.45) is 0 Å². The van der Waals surface area contributed by atoms with Crippen LogP contribution in [0.25, 0.3) is 0 Å². The van der Waals surface area contributed by atoms with Crippen molar-refractivity contribution >= 4 is 11.5 Å². The van der Waals surface area contributed by atoms with Crippen LogP contribution in [0.3, 0.4) is 0 Å². The molecule has 2 rings (SSSR count). The molecule has 5 heteroatoms. The highest BCUT2D eigenvalue weighted by Gasteiger charge is 2.08. The minimum absolute atomic E-state index is 0.0625. The monoisotopic (exact) mass is 230 g/mol. The number of aryl methyl sites for hydroxylation is 3. The van der Waals surface area contributed by atoms with Crippen molar-refractivity contribution in [1.82, 2.24) is 15.0 Å². The second-order valence-electron chi connectivity index (χ2n) is 3.87. The van der Waals surface area contributed by atoms with Crippen LogP contribution in [-0.4, -0.2) is 20.1 Å². The zero-order valence-corrected chi connectivity index (χ0v) is 10.0. The van der Waals surface area contributed by atoms with E-state index in [9.17, 15) is 5.11 Å². The Morgan fingerprint density at radius 3 is 2.53 bits per heavy atom. The molecule has 0 amide bonds. The molecule has 0 aliphatic rings. The lowest BCUT2D eigenvalue weighted by molar-refractivity contribution is 0.467. The molecule has 0 atom stereocenters. The Bertz CT molecular complexity index is 554. The molecule has 2 N–H and O–H groups in total. The van der Waals surface area contributed by atoms with E-state index in [1.54, 1.807) is 6.92 Å². The van der Waals surface area contributed by atoms with Gasteiger partial charge in [-0.15, -0.1) is 0 Å². The second-order valence-corrected chi connectivity index (χ2v) is 3.87. The number of rotatable bonds is 2. The van der Waals surface area contributed by atoms with Crippen LogP contribution in [0.2, 0.25) is 0 Å². The third kappa shape index (κ3) is 2.33. The van der Waals surface area contributed by atoms with Gasteiger partial charge < -0.3 is 10.4 Å². The molecule has 0 spiro atoms. The summed E-state index contributed by atoms with van der Waals surface area (Å²) in [5, 5.41) is 12.8. The van der Waals surface area contributed by atoms with Crippen molar-refractivity contribution in [2.45, 2.75) is 20.8 Å². The molecule has 88 valence electrons. The summed E-state index contributed by atoms with van der Waals surface area (Å²) in [4.78, 5) is 12.2. The summed E-state index contributed by atoms with van der Waals surface area (Å²) in [6.07, 6.45) is 1.41. The van der Waals surface area contributed by atoms with Gasteiger partial charge in [-0.05, 0) is 32.9 Å². The molecular weight excluding hydrogens is 216 g/mol. The van der Waals surface area contributed by atoms with E-state index in [0.29, 0.717) is 11.5 Å². The first-order valence-electron chi connectivity index (χ1n) is 5.30. The molecule has 0 saturated heterocycles. The largest absolute Gasteiger partial charge is 0.503 e. The number of nitrogens with zero attached hydrogens (tertiary/aromatic N) is 3. The van der Waals surface area contributed by atoms with Gasteiger partial charge in [-0.2, -0.15) is 0 Å². The number of anilines is 2. The first kappa shape index (κ1) is 11.3. The number of hydrogen-bond acceptors (Lipinski definition) is 5. The van der Waals surface area contributed by atoms with E-state index >= 15 is 0 Å². The van der Waals surface area contributed by atoms with Gasteiger partial charge in [0.25, 0.3) is 0 Å². The second kappa shape index (κ2) is 4.37. The molecular formula is C12H14N4O. The van der Waals surface area contributed by atoms with E-state index in [2.05, 4.69) is 20.3 Å². The Balaban J connectivity index is 2.35. The van der Waals surface area contributed by atoms with Crippen LogP contribution in [0, 0.1) is 20.8 Å². The molecule has 0 aromatic carbocycles. The summed E-state index contributed by atoms with van der Waals surface area (Å²) >= 11 is 0. The number of pyridine rings is 1. The van der Waals surface area contributed by atoms with Gasteiger partial charge in [-0.25, -0.2) is 9.97 Å². The van der Waals surface area contributed by atoms with Gasteiger partial charge in [0.05, 0.1) is 17.1 Å². The maximum atomic E-state index is 9.80. The average molecular weight is 230 g/mol. The highest BCUT2D eigenvalue weighted by atomic mass is 16.3. The summed E-state index contributed by atoms with van der Waals surface area (Å²) in [5.41, 5.74) is 3.18. The minimum atomic E-state index is 0.0625. The van der Waals surface area contributed by atoms with Crippen LogP contribution < -0.4 is 5.32 Å². The van der Waals surface area contributed by atoms with Crippen LogP contribution in [0.1, 0.15) is 17.1 Å². The highest BCUT2D eigenvalue weighted by Crippen LogP contribution is 2.26. The molecule has 17 heavy (non-hydrogen) atoms. The van der Waals surface area contributed by atoms with E-state index in [0.717, 1.165) is 17.1 Å². The predicted molar refractivity (Wildman–Crippen MR) is 65.4 cm³/mol. The predicted octanol–water partition coefficient (Wildman–Crippen LogP) is 2.25. The molecule has 2 aromatic rings. The summed E-state index contributed by atoms with van der Waals surface area (Å²) in [6.45, 7) is 5.56. The van der Waals surface area contributed by atoms with E-state index in [1.165, 1.54) is 6.33 Å². The van der Waals surface area contributed by atoms with Crippen molar-refractivity contribution in [3.05, 3.63) is 35.5 Å². The van der Waals surface area contributed by atoms with Gasteiger partial charge >= 0.3 is 0 Å². The van der Waals surface area contributed by atoms with E-state index < -0.39 is 0 Å². The first-order valence-corrected chi connectivity index (χ1v) is 5.30. The van der Waals surface area contributed by atoms with Crippen molar-refractivity contribution in [2.75, 3.05) is 5.32 Å². The lowest BCUT2D eigenvalue weighted by Gasteiger charge is -2.10. The lowest BCUT2D eigenvalue weighted by atomic mass is 10.2. The molecule has 0 saturated carbocycles. The Morgan fingerprint density at radius 1 is 1.06 bits per heavy atom. The zero-order valence-electron chi connectivity index (χ0n) is 10.0. The summed E-state index contributed by atoms with van der Waals surface area (Å²) in [6, 6.07) is 3.81. The van der Waals surface area contributed by atoms with Gasteiger partial charge in [-0.1, -0.05) is 0 Å². The Morgan fingerprint density at radius 2 is 1.82 bits per heavy atom. The molecule has 0 aliphatic carbocycles. The first-order chi connectivity index (χ1) is 8.08. The maximum absolute atomic E-state index is 9.80. The van der Waals surface area contributed by atoms with Crippen LogP contribution >= 0.6 is 0 Å². The fourth-order valence-corrected chi connectivity index (χ4v) is 1.50. The summed E-state index contributed by atoms with van der Waals surface area (Å²) in [7, 11) is 0. The normalized spacial score (nSPS) is 10.3. The van der Waals surface area contributed by atoms with Gasteiger partial charge in [0.2, 0.25) is 0 Å². The van der Waals surface area contributed by atoms with Gasteiger partial charge in [0, 0.05) is 5.69 Å². The van der Waals surface area contributed by atoms with Crippen molar-refractivity contribution in [3.63, 3.8) is 0 Å². The molecule has 0 aliphatic heterocycles. The SMILES string of the molecule is Cc1ccc(Nc2ncnc(C)c2O)c(C)n1. The number of nitrogens with one attached hydrogen (secondary N) is 1. The fourth-order valence-electron chi connectivity index (χ4n) is 1.50. The minimum Gasteiger partial charge on any atom is -0.503 e. The van der Waals surface area contributed by atoms with Crippen LogP contribution in [0.4, 0.5) is 11.5 Å². The Labute approximate surface area is 99.6 Å². The molecule has 0 fully saturated rings. The van der Waals surface area contributed by atoms with E-state index in [4.69, 9.17) is 0 Å². The van der Waals surface area contributed by atoms with Gasteiger partial charge in [-0.3, -0.25) is 4.98 Å². The third-order valence-electron chi connectivity index (χ3n) is 2.48. The van der Waals surface area contributed by atoms with E-state index in [1.807, 2.05) is 26.0 Å². The van der Waals surface area contributed by atoms with Gasteiger partial charge in [0.15, 0.2) is 11.6 Å². The molecule has 0 radical (unpaired) electrons. The smallest absolute Gasteiger partial charge is 0.180 e. The van der Waals surface area contributed by atoms with Crippen molar-refractivity contribution in [3.8, 4) is 5.75 Å². The fraction of sp³-hybridized carbons (Fsp3) is 0.250. The molecule has 0 unspecified atom stereocenters. The zero-order chi connectivity index (χ0) is 12.4. The quantitative estimate of drug-likeness (QED) is 0.828. The lowest BCUT2D eigenvalue weighted by Crippen LogP contribution is -2.00. The standard InChI is InChI=1S/C12H14N4O/c1-7-4-5-10(8(2)15-7)16-12-11(17)9(3)13-6-14-12/h4-6,17H,1-3H3,(H,13,14,16). The topological polar surface area (TPSA) is 70.9 Å². The van der Waals surface area contributed by atoms with Crippen LogP contribution in [-0.2, 0) is 0 Å². The Kier molecular flexibility index (Phi) is 2.91. The maximum Gasteiger partial charge on any atom is 0.180 e. The van der Waals surface area contributed by atoms with Crippen LogP contribution in [0.5, 0.6) is 5.75 Å². The van der Waals surface area contributed by atoms with Crippen LogP contribution in [0.15, 0.2) is 18.5 Å². The summed E-state index contributed by atoms with van der Waals surface area (Å²) < 4.78 is 0. The number of aromatic nitrogens is 3. The summed E-state index contributed by atoms with van der Waals surface area (Å²) in [5.74, 6) is 0.457.